The first kappa shape index (κ1) is 15.0. The molecule has 1 N–H and O–H groups in total. The molecule has 2 rings (SSSR count). The second-order valence-corrected chi connectivity index (χ2v) is 5.48. The number of likely N-dealkylation sites (tertiary alicyclic amines) is 1. The Morgan fingerprint density at radius 3 is 3.05 bits per heavy atom. The van der Waals surface area contributed by atoms with E-state index < -0.39 is 0 Å². The maximum Gasteiger partial charge on any atom is 0.256 e. The second-order valence-electron chi connectivity index (χ2n) is 5.48. The smallest absolute Gasteiger partial charge is 0.256 e. The minimum Gasteiger partial charge on any atom is -0.337 e. The van der Waals surface area contributed by atoms with Crippen molar-refractivity contribution in [2.75, 3.05) is 19.6 Å². The minimum atomic E-state index is -0.388. The Balaban J connectivity index is 2.06. The van der Waals surface area contributed by atoms with Gasteiger partial charge in [0.2, 0.25) is 0 Å². The molecular weight excluding hydrogens is 255 g/mol. The van der Waals surface area contributed by atoms with E-state index in [0.29, 0.717) is 18.2 Å². The summed E-state index contributed by atoms with van der Waals surface area (Å²) in [5, 5.41) is 3.45. The van der Waals surface area contributed by atoms with Crippen LogP contribution in [0.15, 0.2) is 18.2 Å². The molecule has 110 valence electrons. The van der Waals surface area contributed by atoms with Gasteiger partial charge in [-0.2, -0.15) is 0 Å². The average Bonchev–Trinajstić information content (AvgIpc) is 2.47. The molecule has 1 aromatic carbocycles. The standard InChI is InChI=1S/C16H23FN2O/c1-3-9-18-13-7-5-10-19(11-13)16(20)14-8-4-6-12(2)15(14)17/h4,6,8,13,18H,3,5,7,9-11H2,1-2H3. The third-order valence-corrected chi connectivity index (χ3v) is 3.81. The highest BCUT2D eigenvalue weighted by atomic mass is 19.1. The van der Waals surface area contributed by atoms with E-state index in [1.165, 1.54) is 0 Å². The molecule has 1 aliphatic heterocycles. The van der Waals surface area contributed by atoms with Crippen LogP contribution in [0.2, 0.25) is 0 Å². The molecular formula is C16H23FN2O. The van der Waals surface area contributed by atoms with Gasteiger partial charge in [-0.25, -0.2) is 4.39 Å². The van der Waals surface area contributed by atoms with Crippen molar-refractivity contribution < 1.29 is 9.18 Å². The van der Waals surface area contributed by atoms with Crippen molar-refractivity contribution >= 4 is 5.91 Å². The minimum absolute atomic E-state index is 0.186. The molecule has 0 spiro atoms. The van der Waals surface area contributed by atoms with Gasteiger partial charge in [0.15, 0.2) is 0 Å². The molecule has 0 radical (unpaired) electrons. The van der Waals surface area contributed by atoms with E-state index in [-0.39, 0.29) is 17.3 Å². The zero-order valence-corrected chi connectivity index (χ0v) is 12.3. The molecule has 1 saturated heterocycles. The van der Waals surface area contributed by atoms with Gasteiger partial charge in [-0.1, -0.05) is 19.1 Å². The zero-order chi connectivity index (χ0) is 14.5. The van der Waals surface area contributed by atoms with Crippen molar-refractivity contribution in [3.63, 3.8) is 0 Å². The number of carbonyl (C=O) groups excluding carboxylic acids is 1. The van der Waals surface area contributed by atoms with Crippen LogP contribution in [0.1, 0.15) is 42.1 Å². The highest BCUT2D eigenvalue weighted by molar-refractivity contribution is 5.94. The summed E-state index contributed by atoms with van der Waals surface area (Å²) >= 11 is 0. The molecule has 3 nitrogen and oxygen atoms in total. The van der Waals surface area contributed by atoms with Gasteiger partial charge in [0.25, 0.3) is 5.91 Å². The first-order valence-corrected chi connectivity index (χ1v) is 7.41. The van der Waals surface area contributed by atoms with Gasteiger partial charge in [-0.15, -0.1) is 0 Å². The Bertz CT molecular complexity index is 476. The van der Waals surface area contributed by atoms with Crippen molar-refractivity contribution in [2.24, 2.45) is 0 Å². The van der Waals surface area contributed by atoms with E-state index in [1.807, 2.05) is 0 Å². The third-order valence-electron chi connectivity index (χ3n) is 3.81. The fourth-order valence-electron chi connectivity index (χ4n) is 2.66. The van der Waals surface area contributed by atoms with Crippen LogP contribution in [-0.2, 0) is 0 Å². The van der Waals surface area contributed by atoms with Crippen molar-refractivity contribution in [3.05, 3.63) is 35.1 Å². The van der Waals surface area contributed by atoms with Gasteiger partial charge in [0, 0.05) is 19.1 Å². The summed E-state index contributed by atoms with van der Waals surface area (Å²) in [5.74, 6) is -0.574. The van der Waals surface area contributed by atoms with Gasteiger partial charge >= 0.3 is 0 Å². The van der Waals surface area contributed by atoms with Gasteiger partial charge in [-0.3, -0.25) is 4.79 Å². The molecule has 1 aromatic rings. The van der Waals surface area contributed by atoms with E-state index in [0.717, 1.165) is 32.4 Å². The topological polar surface area (TPSA) is 32.3 Å². The molecule has 1 amide bonds. The van der Waals surface area contributed by atoms with Crippen LogP contribution in [0.3, 0.4) is 0 Å². The summed E-state index contributed by atoms with van der Waals surface area (Å²) < 4.78 is 14.0. The van der Waals surface area contributed by atoms with Crippen LogP contribution in [0.5, 0.6) is 0 Å². The van der Waals surface area contributed by atoms with Crippen molar-refractivity contribution in [1.82, 2.24) is 10.2 Å². The monoisotopic (exact) mass is 278 g/mol. The number of rotatable bonds is 4. The number of amides is 1. The number of nitrogens with one attached hydrogen (secondary N) is 1. The lowest BCUT2D eigenvalue weighted by Crippen LogP contribution is -2.48. The molecule has 1 fully saturated rings. The Labute approximate surface area is 120 Å². The Kier molecular flexibility index (Phi) is 5.12. The van der Waals surface area contributed by atoms with Gasteiger partial charge in [0.05, 0.1) is 5.56 Å². The van der Waals surface area contributed by atoms with Crippen LogP contribution in [0.4, 0.5) is 4.39 Å². The molecule has 0 aromatic heterocycles. The zero-order valence-electron chi connectivity index (χ0n) is 12.3. The number of aryl methyl sites for hydroxylation is 1. The van der Waals surface area contributed by atoms with E-state index >= 15 is 0 Å². The summed E-state index contributed by atoms with van der Waals surface area (Å²) in [6.45, 7) is 6.17. The first-order valence-electron chi connectivity index (χ1n) is 7.41. The maximum atomic E-state index is 14.0. The van der Waals surface area contributed by atoms with Gasteiger partial charge < -0.3 is 10.2 Å². The Hall–Kier alpha value is -1.42. The number of carbonyl (C=O) groups is 1. The van der Waals surface area contributed by atoms with Crippen LogP contribution < -0.4 is 5.32 Å². The predicted octanol–water partition coefficient (Wildman–Crippen LogP) is 2.74. The van der Waals surface area contributed by atoms with Crippen LogP contribution in [0.25, 0.3) is 0 Å². The summed E-state index contributed by atoms with van der Waals surface area (Å²) in [6.07, 6.45) is 3.14. The second kappa shape index (κ2) is 6.84. The number of piperidine rings is 1. The van der Waals surface area contributed by atoms with Crippen LogP contribution >= 0.6 is 0 Å². The van der Waals surface area contributed by atoms with Gasteiger partial charge in [-0.05, 0) is 44.4 Å². The highest BCUT2D eigenvalue weighted by Gasteiger charge is 2.25. The average molecular weight is 278 g/mol. The third kappa shape index (κ3) is 3.37. The molecule has 1 unspecified atom stereocenters. The molecule has 20 heavy (non-hydrogen) atoms. The van der Waals surface area contributed by atoms with Crippen molar-refractivity contribution in [1.29, 1.82) is 0 Å². The first-order chi connectivity index (χ1) is 9.63. The summed E-state index contributed by atoms with van der Waals surface area (Å²) in [5.41, 5.74) is 0.717. The lowest BCUT2D eigenvalue weighted by Gasteiger charge is -2.33. The van der Waals surface area contributed by atoms with Crippen molar-refractivity contribution in [2.45, 2.75) is 39.2 Å². The van der Waals surface area contributed by atoms with E-state index in [4.69, 9.17) is 0 Å². The van der Waals surface area contributed by atoms with E-state index in [1.54, 1.807) is 30.0 Å². The molecule has 0 saturated carbocycles. The molecule has 0 bridgehead atoms. The van der Waals surface area contributed by atoms with E-state index in [2.05, 4.69) is 12.2 Å². The Morgan fingerprint density at radius 2 is 2.30 bits per heavy atom. The largest absolute Gasteiger partial charge is 0.337 e. The number of nitrogens with zero attached hydrogens (tertiary/aromatic N) is 1. The molecule has 1 atom stereocenters. The van der Waals surface area contributed by atoms with E-state index in [9.17, 15) is 9.18 Å². The van der Waals surface area contributed by atoms with Gasteiger partial charge in [0.1, 0.15) is 5.82 Å². The number of benzene rings is 1. The number of halogens is 1. The SMILES string of the molecule is CCCNC1CCCN(C(=O)c2cccc(C)c2F)C1. The number of hydrogen-bond donors (Lipinski definition) is 1. The lowest BCUT2D eigenvalue weighted by molar-refractivity contribution is 0.0690. The molecule has 4 heteroatoms. The van der Waals surface area contributed by atoms with Crippen molar-refractivity contribution in [3.8, 4) is 0 Å². The molecule has 0 aliphatic carbocycles. The fraction of sp³-hybridized carbons (Fsp3) is 0.562. The fourth-order valence-corrected chi connectivity index (χ4v) is 2.66. The van der Waals surface area contributed by atoms with Crippen LogP contribution in [0, 0.1) is 12.7 Å². The quantitative estimate of drug-likeness (QED) is 0.918. The summed E-state index contributed by atoms with van der Waals surface area (Å²) in [7, 11) is 0. The molecule has 1 aliphatic rings. The summed E-state index contributed by atoms with van der Waals surface area (Å²) in [6, 6.07) is 5.34. The molecule has 1 heterocycles. The predicted molar refractivity (Wildman–Crippen MR) is 78.4 cm³/mol. The lowest BCUT2D eigenvalue weighted by atomic mass is 10.0. The van der Waals surface area contributed by atoms with Crippen LogP contribution in [-0.4, -0.2) is 36.5 Å². The normalized spacial score (nSPS) is 19.1. The summed E-state index contributed by atoms with van der Waals surface area (Å²) in [4.78, 5) is 14.2. The Morgan fingerprint density at radius 1 is 1.50 bits per heavy atom. The number of hydrogen-bond acceptors (Lipinski definition) is 2. The maximum absolute atomic E-state index is 14.0. The highest BCUT2D eigenvalue weighted by Crippen LogP contribution is 2.18.